The first-order valence-corrected chi connectivity index (χ1v) is 10.2. The zero-order valence-electron chi connectivity index (χ0n) is 13.2. The van der Waals surface area contributed by atoms with Crippen molar-refractivity contribution in [3.05, 3.63) is 23.0 Å². The van der Waals surface area contributed by atoms with Crippen LogP contribution in [0.4, 0.5) is 24.0 Å². The van der Waals surface area contributed by atoms with Gasteiger partial charge in [-0.05, 0) is 12.8 Å². The molecule has 1 atom stereocenters. The molecule has 0 radical (unpaired) electrons. The molecule has 7 nitrogen and oxygen atoms in total. The van der Waals surface area contributed by atoms with Crippen LogP contribution in [0.5, 0.6) is 0 Å². The van der Waals surface area contributed by atoms with E-state index < -0.39 is 21.9 Å². The van der Waals surface area contributed by atoms with Gasteiger partial charge in [-0.15, -0.1) is 11.3 Å². The van der Waals surface area contributed by atoms with Gasteiger partial charge in [0.05, 0.1) is 23.8 Å². The standard InChI is InChI=1S/C13H16F3N5O2S2/c1-25(22,23)20-9-5-17-19-11(9)8-3-2-4-21(6-8)12-18-10(7-24-12)13(14,15)16/h5,7-8,20H,2-4,6H2,1H3,(H,17,19)/t8-/m1/s1. The van der Waals surface area contributed by atoms with Crippen LogP contribution in [0.3, 0.4) is 0 Å². The highest BCUT2D eigenvalue weighted by Gasteiger charge is 2.35. The largest absolute Gasteiger partial charge is 0.434 e. The number of piperidine rings is 1. The Morgan fingerprint density at radius 3 is 2.84 bits per heavy atom. The molecule has 3 heterocycles. The minimum absolute atomic E-state index is 0.0845. The lowest BCUT2D eigenvalue weighted by atomic mass is 9.94. The van der Waals surface area contributed by atoms with E-state index in [-0.39, 0.29) is 5.92 Å². The molecule has 0 bridgehead atoms. The van der Waals surface area contributed by atoms with Crippen molar-refractivity contribution < 1.29 is 21.6 Å². The zero-order chi connectivity index (χ0) is 18.2. The second-order valence-corrected chi connectivity index (χ2v) is 8.45. The minimum atomic E-state index is -4.46. The molecule has 2 aromatic rings. The molecule has 25 heavy (non-hydrogen) atoms. The lowest BCUT2D eigenvalue weighted by Crippen LogP contribution is -2.34. The molecule has 138 valence electrons. The lowest BCUT2D eigenvalue weighted by molar-refractivity contribution is -0.140. The lowest BCUT2D eigenvalue weighted by Gasteiger charge is -2.32. The van der Waals surface area contributed by atoms with Crippen molar-refractivity contribution in [2.75, 3.05) is 29.0 Å². The second kappa shape index (κ2) is 6.48. The Morgan fingerprint density at radius 1 is 1.44 bits per heavy atom. The Balaban J connectivity index is 1.78. The molecule has 0 aromatic carbocycles. The fourth-order valence-corrected chi connectivity index (χ4v) is 4.25. The molecule has 1 aliphatic rings. The van der Waals surface area contributed by atoms with E-state index in [0.717, 1.165) is 35.8 Å². The average Bonchev–Trinajstić information content (AvgIpc) is 3.14. The molecule has 0 saturated carbocycles. The zero-order valence-corrected chi connectivity index (χ0v) is 14.8. The molecule has 1 saturated heterocycles. The number of hydrogen-bond acceptors (Lipinski definition) is 6. The second-order valence-electron chi connectivity index (χ2n) is 5.87. The van der Waals surface area contributed by atoms with E-state index in [0.29, 0.717) is 29.6 Å². The summed E-state index contributed by atoms with van der Waals surface area (Å²) in [4.78, 5) is 5.48. The van der Waals surface area contributed by atoms with E-state index in [4.69, 9.17) is 0 Å². The van der Waals surface area contributed by atoms with Gasteiger partial charge in [0.2, 0.25) is 10.0 Å². The first-order valence-electron chi connectivity index (χ1n) is 7.42. The molecule has 2 N–H and O–H groups in total. The Bertz CT molecular complexity index is 846. The van der Waals surface area contributed by atoms with Crippen LogP contribution in [-0.4, -0.2) is 42.9 Å². The van der Waals surface area contributed by atoms with E-state index in [1.807, 2.05) is 0 Å². The van der Waals surface area contributed by atoms with E-state index in [2.05, 4.69) is 19.9 Å². The van der Waals surface area contributed by atoms with Gasteiger partial charge in [-0.3, -0.25) is 9.82 Å². The van der Waals surface area contributed by atoms with Crippen LogP contribution < -0.4 is 9.62 Å². The van der Waals surface area contributed by atoms with Crippen LogP contribution in [-0.2, 0) is 16.2 Å². The van der Waals surface area contributed by atoms with Crippen LogP contribution in [0.1, 0.15) is 30.1 Å². The van der Waals surface area contributed by atoms with Gasteiger partial charge >= 0.3 is 6.18 Å². The number of halogens is 3. The number of alkyl halides is 3. The summed E-state index contributed by atoms with van der Waals surface area (Å²) in [6.45, 7) is 1.04. The summed E-state index contributed by atoms with van der Waals surface area (Å²) in [7, 11) is -3.45. The number of anilines is 2. The minimum Gasteiger partial charge on any atom is -0.347 e. The van der Waals surface area contributed by atoms with Crippen molar-refractivity contribution in [1.29, 1.82) is 0 Å². The van der Waals surface area contributed by atoms with Crippen molar-refractivity contribution in [1.82, 2.24) is 15.2 Å². The number of nitrogens with one attached hydrogen (secondary N) is 2. The molecule has 1 aliphatic heterocycles. The fraction of sp³-hybridized carbons (Fsp3) is 0.538. The summed E-state index contributed by atoms with van der Waals surface area (Å²) in [5, 5.41) is 8.00. The number of hydrogen-bond donors (Lipinski definition) is 2. The van der Waals surface area contributed by atoms with Gasteiger partial charge in [0.15, 0.2) is 10.8 Å². The monoisotopic (exact) mass is 395 g/mol. The number of rotatable bonds is 4. The average molecular weight is 395 g/mol. The summed E-state index contributed by atoms with van der Waals surface area (Å²) >= 11 is 0.954. The summed E-state index contributed by atoms with van der Waals surface area (Å²) in [5.74, 6) is -0.0845. The van der Waals surface area contributed by atoms with Crippen molar-refractivity contribution in [2.45, 2.75) is 24.9 Å². The van der Waals surface area contributed by atoms with Gasteiger partial charge in [0, 0.05) is 24.4 Å². The van der Waals surface area contributed by atoms with Gasteiger partial charge < -0.3 is 4.90 Å². The quantitative estimate of drug-likeness (QED) is 0.831. The number of aromatic amines is 1. The van der Waals surface area contributed by atoms with Crippen LogP contribution in [0.2, 0.25) is 0 Å². The topological polar surface area (TPSA) is 91.0 Å². The highest BCUT2D eigenvalue weighted by Crippen LogP contribution is 2.36. The molecule has 2 aromatic heterocycles. The maximum absolute atomic E-state index is 12.7. The van der Waals surface area contributed by atoms with Gasteiger partial charge in [0.1, 0.15) is 0 Å². The Kier molecular flexibility index (Phi) is 4.66. The van der Waals surface area contributed by atoms with Gasteiger partial charge in [-0.1, -0.05) is 0 Å². The molecule has 1 fully saturated rings. The van der Waals surface area contributed by atoms with E-state index in [9.17, 15) is 21.6 Å². The predicted molar refractivity (Wildman–Crippen MR) is 88.4 cm³/mol. The number of thiazole rings is 1. The van der Waals surface area contributed by atoms with Gasteiger partial charge in [-0.25, -0.2) is 13.4 Å². The summed E-state index contributed by atoms with van der Waals surface area (Å²) in [6.07, 6.45) is -0.497. The highest BCUT2D eigenvalue weighted by molar-refractivity contribution is 7.92. The third-order valence-electron chi connectivity index (χ3n) is 3.85. The normalized spacial score (nSPS) is 19.2. The number of nitrogens with zero attached hydrogens (tertiary/aromatic N) is 3. The number of sulfonamides is 1. The Hall–Kier alpha value is -1.82. The molecular formula is C13H16F3N5O2S2. The van der Waals surface area contributed by atoms with Crippen LogP contribution in [0, 0.1) is 0 Å². The van der Waals surface area contributed by atoms with Crippen LogP contribution in [0.15, 0.2) is 11.6 Å². The summed E-state index contributed by atoms with van der Waals surface area (Å²) < 4.78 is 63.5. The molecule has 0 spiro atoms. The third kappa shape index (κ3) is 4.24. The molecule has 12 heteroatoms. The number of aromatic nitrogens is 3. The molecule has 0 aliphatic carbocycles. The highest BCUT2D eigenvalue weighted by atomic mass is 32.2. The van der Waals surface area contributed by atoms with Crippen molar-refractivity contribution in [2.24, 2.45) is 0 Å². The van der Waals surface area contributed by atoms with Crippen molar-refractivity contribution in [3.63, 3.8) is 0 Å². The Labute approximate surface area is 146 Å². The summed E-state index contributed by atoms with van der Waals surface area (Å²) in [5.41, 5.74) is 0.0998. The van der Waals surface area contributed by atoms with Crippen LogP contribution in [0.25, 0.3) is 0 Å². The summed E-state index contributed by atoms with van der Waals surface area (Å²) in [6, 6.07) is 0. The van der Waals surface area contributed by atoms with Crippen molar-refractivity contribution in [3.8, 4) is 0 Å². The van der Waals surface area contributed by atoms with E-state index in [1.54, 1.807) is 4.90 Å². The molecule has 0 unspecified atom stereocenters. The predicted octanol–water partition coefficient (Wildman–Crippen LogP) is 2.64. The third-order valence-corrected chi connectivity index (χ3v) is 5.34. The number of H-pyrrole nitrogens is 1. The first kappa shape index (κ1) is 18.0. The smallest absolute Gasteiger partial charge is 0.347 e. The fourth-order valence-electron chi connectivity index (χ4n) is 2.81. The SMILES string of the molecule is CS(=O)(=O)Nc1cn[nH]c1[C@@H]1CCCN(c2nc(C(F)(F)F)cs2)C1. The van der Waals surface area contributed by atoms with E-state index in [1.165, 1.54) is 6.20 Å². The Morgan fingerprint density at radius 2 is 2.20 bits per heavy atom. The van der Waals surface area contributed by atoms with E-state index >= 15 is 0 Å². The van der Waals surface area contributed by atoms with Gasteiger partial charge in [-0.2, -0.15) is 18.3 Å². The first-order chi connectivity index (χ1) is 11.6. The van der Waals surface area contributed by atoms with Crippen molar-refractivity contribution >= 4 is 32.2 Å². The van der Waals surface area contributed by atoms with Gasteiger partial charge in [0.25, 0.3) is 0 Å². The molecule has 3 rings (SSSR count). The molecular weight excluding hydrogens is 379 g/mol. The maximum atomic E-state index is 12.7. The molecule has 0 amide bonds. The maximum Gasteiger partial charge on any atom is 0.434 e. The van der Waals surface area contributed by atoms with Crippen LogP contribution >= 0.6 is 11.3 Å².